The Hall–Kier alpha value is -2.71. The van der Waals surface area contributed by atoms with Gasteiger partial charge < -0.3 is 14.4 Å². The SMILES string of the molecule is COc1ccc(Br)cc1C1CN(c2nc(-c3ccncc3)cc(=O)n2C)CCO1. The van der Waals surface area contributed by atoms with E-state index in [0.29, 0.717) is 31.3 Å². The van der Waals surface area contributed by atoms with E-state index >= 15 is 0 Å². The van der Waals surface area contributed by atoms with Crippen molar-refractivity contribution >= 4 is 21.9 Å². The molecule has 0 radical (unpaired) electrons. The zero-order chi connectivity index (χ0) is 20.4. The minimum atomic E-state index is -0.197. The lowest BCUT2D eigenvalue weighted by Gasteiger charge is -2.35. The van der Waals surface area contributed by atoms with Crippen molar-refractivity contribution in [2.45, 2.75) is 6.10 Å². The van der Waals surface area contributed by atoms with Crippen LogP contribution in [-0.2, 0) is 11.8 Å². The first-order valence-electron chi connectivity index (χ1n) is 9.25. The van der Waals surface area contributed by atoms with Gasteiger partial charge in [0.25, 0.3) is 5.56 Å². The Kier molecular flexibility index (Phi) is 5.64. The first-order valence-corrected chi connectivity index (χ1v) is 10.0. The summed E-state index contributed by atoms with van der Waals surface area (Å²) < 4.78 is 14.1. The highest BCUT2D eigenvalue weighted by atomic mass is 79.9. The highest BCUT2D eigenvalue weighted by Crippen LogP contribution is 2.33. The van der Waals surface area contributed by atoms with Gasteiger partial charge in [-0.3, -0.25) is 14.3 Å². The molecule has 1 saturated heterocycles. The van der Waals surface area contributed by atoms with E-state index in [1.165, 1.54) is 0 Å². The molecule has 150 valence electrons. The second-order valence-electron chi connectivity index (χ2n) is 6.77. The van der Waals surface area contributed by atoms with Gasteiger partial charge >= 0.3 is 0 Å². The van der Waals surface area contributed by atoms with E-state index in [1.54, 1.807) is 37.2 Å². The van der Waals surface area contributed by atoms with Crippen LogP contribution in [0.1, 0.15) is 11.7 Å². The molecule has 0 bridgehead atoms. The van der Waals surface area contributed by atoms with Crippen LogP contribution in [0, 0.1) is 0 Å². The molecule has 2 aromatic heterocycles. The van der Waals surface area contributed by atoms with Gasteiger partial charge in [0.2, 0.25) is 5.95 Å². The van der Waals surface area contributed by atoms with Crippen molar-refractivity contribution in [1.29, 1.82) is 0 Å². The minimum absolute atomic E-state index is 0.107. The van der Waals surface area contributed by atoms with Crippen molar-refractivity contribution in [3.05, 3.63) is 69.2 Å². The number of morpholine rings is 1. The Labute approximate surface area is 177 Å². The second-order valence-corrected chi connectivity index (χ2v) is 7.68. The van der Waals surface area contributed by atoms with E-state index in [2.05, 4.69) is 25.8 Å². The number of nitrogens with zero attached hydrogens (tertiary/aromatic N) is 4. The van der Waals surface area contributed by atoms with Crippen LogP contribution < -0.4 is 15.2 Å². The summed E-state index contributed by atoms with van der Waals surface area (Å²) in [5.74, 6) is 1.39. The fraction of sp³-hybridized carbons (Fsp3) is 0.286. The largest absolute Gasteiger partial charge is 0.496 e. The third-order valence-corrected chi connectivity index (χ3v) is 5.47. The number of halogens is 1. The predicted molar refractivity (Wildman–Crippen MR) is 114 cm³/mol. The van der Waals surface area contributed by atoms with Gasteiger partial charge in [0, 0.05) is 47.7 Å². The maximum atomic E-state index is 12.6. The quantitative estimate of drug-likeness (QED) is 0.600. The smallest absolute Gasteiger partial charge is 0.255 e. The van der Waals surface area contributed by atoms with Crippen LogP contribution in [0.15, 0.2) is 58.1 Å². The summed E-state index contributed by atoms with van der Waals surface area (Å²) in [5, 5.41) is 0. The zero-order valence-electron chi connectivity index (χ0n) is 16.2. The summed E-state index contributed by atoms with van der Waals surface area (Å²) in [4.78, 5) is 23.5. The van der Waals surface area contributed by atoms with Crippen molar-refractivity contribution in [2.75, 3.05) is 31.7 Å². The van der Waals surface area contributed by atoms with Gasteiger partial charge in [-0.15, -0.1) is 0 Å². The van der Waals surface area contributed by atoms with Gasteiger partial charge in [-0.2, -0.15) is 0 Å². The summed E-state index contributed by atoms with van der Waals surface area (Å²) >= 11 is 3.52. The molecule has 1 unspecified atom stereocenters. The Morgan fingerprint density at radius 2 is 2.00 bits per heavy atom. The van der Waals surface area contributed by atoms with E-state index in [1.807, 2.05) is 30.3 Å². The Morgan fingerprint density at radius 1 is 1.21 bits per heavy atom. The lowest BCUT2D eigenvalue weighted by Crippen LogP contribution is -2.41. The molecule has 0 aliphatic carbocycles. The number of anilines is 1. The highest BCUT2D eigenvalue weighted by Gasteiger charge is 2.27. The van der Waals surface area contributed by atoms with Gasteiger partial charge in [-0.25, -0.2) is 4.98 Å². The maximum Gasteiger partial charge on any atom is 0.255 e. The zero-order valence-corrected chi connectivity index (χ0v) is 17.8. The van der Waals surface area contributed by atoms with Crippen LogP contribution >= 0.6 is 15.9 Å². The standard InChI is InChI=1S/C21H21BrN4O3/c1-25-20(27)12-17(14-5-7-23-8-6-14)24-21(25)26-9-10-29-19(13-26)16-11-15(22)3-4-18(16)28-2/h3-8,11-12,19H,9-10,13H2,1-2H3. The molecule has 3 heterocycles. The van der Waals surface area contributed by atoms with E-state index in [4.69, 9.17) is 14.5 Å². The number of rotatable bonds is 4. The van der Waals surface area contributed by atoms with Crippen LogP contribution in [0.3, 0.4) is 0 Å². The second kappa shape index (κ2) is 8.34. The molecule has 3 aromatic rings. The molecule has 0 N–H and O–H groups in total. The summed E-state index contributed by atoms with van der Waals surface area (Å²) in [5.41, 5.74) is 2.35. The van der Waals surface area contributed by atoms with Gasteiger partial charge in [0.15, 0.2) is 0 Å². The molecule has 1 aliphatic rings. The predicted octanol–water partition coefficient (Wildman–Crippen LogP) is 3.19. The van der Waals surface area contributed by atoms with E-state index in [-0.39, 0.29) is 11.7 Å². The van der Waals surface area contributed by atoms with E-state index < -0.39 is 0 Å². The summed E-state index contributed by atoms with van der Waals surface area (Å²) in [7, 11) is 3.39. The number of pyridine rings is 1. The summed E-state index contributed by atoms with van der Waals surface area (Å²) in [6, 6.07) is 11.1. The molecule has 4 rings (SSSR count). The van der Waals surface area contributed by atoms with Crippen molar-refractivity contribution in [2.24, 2.45) is 7.05 Å². The topological polar surface area (TPSA) is 69.5 Å². The average Bonchev–Trinajstić information content (AvgIpc) is 2.76. The molecule has 0 spiro atoms. The fourth-order valence-electron chi connectivity index (χ4n) is 3.46. The van der Waals surface area contributed by atoms with Gasteiger partial charge in [0.1, 0.15) is 11.9 Å². The lowest BCUT2D eigenvalue weighted by molar-refractivity contribution is 0.0374. The van der Waals surface area contributed by atoms with Gasteiger partial charge in [0.05, 0.1) is 26.0 Å². The number of hydrogen-bond acceptors (Lipinski definition) is 6. The van der Waals surface area contributed by atoms with Gasteiger partial charge in [-0.05, 0) is 30.3 Å². The number of ether oxygens (including phenoxy) is 2. The lowest BCUT2D eigenvalue weighted by atomic mass is 10.1. The molecule has 1 fully saturated rings. The normalized spacial score (nSPS) is 16.7. The van der Waals surface area contributed by atoms with Crippen molar-refractivity contribution in [1.82, 2.24) is 14.5 Å². The molecule has 1 atom stereocenters. The third-order valence-electron chi connectivity index (χ3n) is 4.98. The maximum absolute atomic E-state index is 12.6. The molecule has 7 nitrogen and oxygen atoms in total. The van der Waals surface area contributed by atoms with Crippen LogP contribution in [0.4, 0.5) is 5.95 Å². The number of benzene rings is 1. The first kappa shape index (κ1) is 19.6. The van der Waals surface area contributed by atoms with E-state index in [9.17, 15) is 4.79 Å². The molecule has 8 heteroatoms. The molecule has 0 amide bonds. The molecule has 1 aliphatic heterocycles. The Morgan fingerprint density at radius 3 is 2.76 bits per heavy atom. The highest BCUT2D eigenvalue weighted by molar-refractivity contribution is 9.10. The summed E-state index contributed by atoms with van der Waals surface area (Å²) in [6.45, 7) is 1.73. The van der Waals surface area contributed by atoms with Crippen LogP contribution in [0.2, 0.25) is 0 Å². The third kappa shape index (κ3) is 4.04. The average molecular weight is 457 g/mol. The van der Waals surface area contributed by atoms with E-state index in [0.717, 1.165) is 21.3 Å². The Balaban J connectivity index is 1.69. The molecule has 1 aromatic carbocycles. The first-order chi connectivity index (χ1) is 14.1. The molecule has 0 saturated carbocycles. The summed E-state index contributed by atoms with van der Waals surface area (Å²) in [6.07, 6.45) is 3.19. The number of hydrogen-bond donors (Lipinski definition) is 0. The minimum Gasteiger partial charge on any atom is -0.496 e. The molecular weight excluding hydrogens is 436 g/mol. The van der Waals surface area contributed by atoms with Crippen LogP contribution in [0.25, 0.3) is 11.3 Å². The Bertz CT molecular complexity index is 1070. The fourth-order valence-corrected chi connectivity index (χ4v) is 3.84. The number of aromatic nitrogens is 3. The van der Waals surface area contributed by atoms with Crippen molar-refractivity contribution in [3.63, 3.8) is 0 Å². The van der Waals surface area contributed by atoms with Crippen molar-refractivity contribution < 1.29 is 9.47 Å². The monoisotopic (exact) mass is 456 g/mol. The van der Waals surface area contributed by atoms with Gasteiger partial charge in [-0.1, -0.05) is 15.9 Å². The molecule has 29 heavy (non-hydrogen) atoms. The number of methoxy groups -OCH3 is 1. The molecular formula is C21H21BrN4O3. The van der Waals surface area contributed by atoms with Crippen LogP contribution in [-0.4, -0.2) is 41.3 Å². The van der Waals surface area contributed by atoms with Crippen molar-refractivity contribution in [3.8, 4) is 17.0 Å². The van der Waals surface area contributed by atoms with Crippen LogP contribution in [0.5, 0.6) is 5.75 Å².